The monoisotopic (exact) mass is 541 g/mol. The van der Waals surface area contributed by atoms with Crippen molar-refractivity contribution >= 4 is 29.9 Å². The standard InChI is InChI=1S/C23H39N7.HI/c1-6-22-28-27-18-29(22)16-14-25-23(24-13-12-21-10-8-7-9-11-21)26-15-17-30(19(2)3)20(4)5;/h7-11,18-20H,6,12-17H2,1-5H3,(H2,24,25,26);1H. The van der Waals surface area contributed by atoms with Crippen LogP contribution in [0.4, 0.5) is 0 Å². The van der Waals surface area contributed by atoms with Crippen LogP contribution in [-0.2, 0) is 19.4 Å². The quantitative estimate of drug-likeness (QED) is 0.245. The molecule has 0 atom stereocenters. The first-order valence-electron chi connectivity index (χ1n) is 11.2. The number of hydrogen-bond acceptors (Lipinski definition) is 4. The van der Waals surface area contributed by atoms with Crippen LogP contribution in [-0.4, -0.2) is 63.9 Å². The van der Waals surface area contributed by atoms with Crippen LogP contribution in [0.3, 0.4) is 0 Å². The summed E-state index contributed by atoms with van der Waals surface area (Å²) >= 11 is 0. The van der Waals surface area contributed by atoms with Gasteiger partial charge in [-0.1, -0.05) is 37.3 Å². The van der Waals surface area contributed by atoms with Crippen LogP contribution in [0.1, 0.15) is 46.0 Å². The minimum Gasteiger partial charge on any atom is -0.356 e. The molecule has 31 heavy (non-hydrogen) atoms. The molecule has 8 heteroatoms. The van der Waals surface area contributed by atoms with E-state index < -0.39 is 0 Å². The normalized spacial score (nSPS) is 11.8. The van der Waals surface area contributed by atoms with Crippen molar-refractivity contribution < 1.29 is 0 Å². The first-order valence-corrected chi connectivity index (χ1v) is 11.2. The van der Waals surface area contributed by atoms with E-state index in [0.717, 1.165) is 57.3 Å². The summed E-state index contributed by atoms with van der Waals surface area (Å²) in [5.41, 5.74) is 1.33. The second-order valence-electron chi connectivity index (χ2n) is 8.04. The van der Waals surface area contributed by atoms with E-state index in [1.807, 2.05) is 0 Å². The Morgan fingerprint density at radius 1 is 1.06 bits per heavy atom. The molecule has 0 aliphatic carbocycles. The fourth-order valence-corrected chi connectivity index (χ4v) is 3.57. The summed E-state index contributed by atoms with van der Waals surface area (Å²) in [6.45, 7) is 15.2. The third-order valence-corrected chi connectivity index (χ3v) is 5.16. The first kappa shape index (κ1) is 27.4. The van der Waals surface area contributed by atoms with Crippen LogP contribution in [0, 0.1) is 0 Å². The maximum absolute atomic E-state index is 4.83. The Bertz CT molecular complexity index is 735. The lowest BCUT2D eigenvalue weighted by atomic mass is 10.1. The Hall–Kier alpha value is -1.68. The van der Waals surface area contributed by atoms with Gasteiger partial charge < -0.3 is 15.2 Å². The van der Waals surface area contributed by atoms with E-state index in [0.29, 0.717) is 12.1 Å². The van der Waals surface area contributed by atoms with Gasteiger partial charge in [0.05, 0.1) is 6.54 Å². The molecule has 1 aromatic carbocycles. The third-order valence-electron chi connectivity index (χ3n) is 5.16. The summed E-state index contributed by atoms with van der Waals surface area (Å²) in [6.07, 6.45) is 3.65. The van der Waals surface area contributed by atoms with Gasteiger partial charge in [0.1, 0.15) is 12.2 Å². The maximum atomic E-state index is 4.83. The zero-order valence-corrected chi connectivity index (χ0v) is 22.0. The van der Waals surface area contributed by atoms with Gasteiger partial charge in [-0.15, -0.1) is 34.2 Å². The second kappa shape index (κ2) is 15.2. The molecule has 0 spiro atoms. The van der Waals surface area contributed by atoms with Crippen LogP contribution >= 0.6 is 24.0 Å². The van der Waals surface area contributed by atoms with Gasteiger partial charge in [-0.2, -0.15) is 0 Å². The third kappa shape index (κ3) is 9.99. The summed E-state index contributed by atoms with van der Waals surface area (Å²) in [7, 11) is 0. The number of benzene rings is 1. The minimum atomic E-state index is 0. The summed E-state index contributed by atoms with van der Waals surface area (Å²) in [5.74, 6) is 1.88. The van der Waals surface area contributed by atoms with Gasteiger partial charge in [0, 0.05) is 44.7 Å². The number of nitrogens with one attached hydrogen (secondary N) is 2. The van der Waals surface area contributed by atoms with Gasteiger partial charge in [0.25, 0.3) is 0 Å². The Kier molecular flexibility index (Phi) is 13.4. The smallest absolute Gasteiger partial charge is 0.191 e. The Balaban J connectivity index is 0.00000480. The Morgan fingerprint density at radius 3 is 2.39 bits per heavy atom. The zero-order chi connectivity index (χ0) is 21.8. The zero-order valence-electron chi connectivity index (χ0n) is 19.7. The van der Waals surface area contributed by atoms with Gasteiger partial charge in [0.15, 0.2) is 5.96 Å². The highest BCUT2D eigenvalue weighted by Crippen LogP contribution is 2.04. The molecular weight excluding hydrogens is 501 g/mol. The number of guanidine groups is 1. The highest BCUT2D eigenvalue weighted by molar-refractivity contribution is 14.0. The average Bonchev–Trinajstić information content (AvgIpc) is 3.18. The summed E-state index contributed by atoms with van der Waals surface area (Å²) < 4.78 is 2.09. The topological polar surface area (TPSA) is 70.4 Å². The number of aryl methyl sites for hydroxylation is 1. The number of hydrogen-bond donors (Lipinski definition) is 2. The predicted molar refractivity (Wildman–Crippen MR) is 140 cm³/mol. The number of nitrogens with zero attached hydrogens (tertiary/aromatic N) is 5. The summed E-state index contributed by atoms with van der Waals surface area (Å²) in [4.78, 5) is 7.30. The van der Waals surface area contributed by atoms with Crippen molar-refractivity contribution in [2.75, 3.05) is 26.2 Å². The minimum absolute atomic E-state index is 0. The van der Waals surface area contributed by atoms with E-state index in [1.165, 1.54) is 5.56 Å². The van der Waals surface area contributed by atoms with E-state index in [4.69, 9.17) is 4.99 Å². The van der Waals surface area contributed by atoms with Crippen molar-refractivity contribution in [3.8, 4) is 0 Å². The highest BCUT2D eigenvalue weighted by atomic mass is 127. The Labute approximate surface area is 205 Å². The lowest BCUT2D eigenvalue weighted by Crippen LogP contribution is -2.42. The van der Waals surface area contributed by atoms with Crippen molar-refractivity contribution in [1.82, 2.24) is 30.3 Å². The fraction of sp³-hybridized carbons (Fsp3) is 0.609. The molecule has 2 rings (SSSR count). The van der Waals surface area contributed by atoms with E-state index in [2.05, 4.69) is 95.2 Å². The molecule has 0 amide bonds. The number of halogens is 1. The SMILES string of the molecule is CCc1nncn1CCNC(=NCCN(C(C)C)C(C)C)NCCc1ccccc1.I. The van der Waals surface area contributed by atoms with Crippen LogP contribution in [0.5, 0.6) is 0 Å². The molecule has 174 valence electrons. The van der Waals surface area contributed by atoms with Gasteiger partial charge in [-0.05, 0) is 39.7 Å². The average molecular weight is 542 g/mol. The maximum Gasteiger partial charge on any atom is 0.191 e. The van der Waals surface area contributed by atoms with Gasteiger partial charge in [-0.25, -0.2) is 0 Å². The molecule has 7 nitrogen and oxygen atoms in total. The molecule has 0 bridgehead atoms. The lowest BCUT2D eigenvalue weighted by molar-refractivity contribution is 0.181. The van der Waals surface area contributed by atoms with Crippen LogP contribution in [0.15, 0.2) is 41.7 Å². The largest absolute Gasteiger partial charge is 0.356 e. The van der Waals surface area contributed by atoms with Crippen LogP contribution < -0.4 is 10.6 Å². The molecular formula is C23H40IN7. The van der Waals surface area contributed by atoms with Crippen LogP contribution in [0.25, 0.3) is 0 Å². The lowest BCUT2D eigenvalue weighted by Gasteiger charge is -2.29. The number of rotatable bonds is 12. The van der Waals surface area contributed by atoms with Crippen molar-refractivity contribution in [2.24, 2.45) is 4.99 Å². The van der Waals surface area contributed by atoms with Crippen LogP contribution in [0.2, 0.25) is 0 Å². The number of aromatic nitrogens is 3. The van der Waals surface area contributed by atoms with Crippen molar-refractivity contribution in [3.63, 3.8) is 0 Å². The van der Waals surface area contributed by atoms with Gasteiger partial charge in [0.2, 0.25) is 0 Å². The fourth-order valence-electron chi connectivity index (χ4n) is 3.57. The first-order chi connectivity index (χ1) is 14.5. The highest BCUT2D eigenvalue weighted by Gasteiger charge is 2.12. The van der Waals surface area contributed by atoms with E-state index in [9.17, 15) is 0 Å². The molecule has 2 aromatic rings. The summed E-state index contributed by atoms with van der Waals surface area (Å²) in [5, 5.41) is 15.1. The van der Waals surface area contributed by atoms with E-state index in [1.54, 1.807) is 6.33 Å². The second-order valence-corrected chi connectivity index (χ2v) is 8.04. The predicted octanol–water partition coefficient (Wildman–Crippen LogP) is 3.36. The molecule has 1 heterocycles. The molecule has 0 aliphatic heterocycles. The van der Waals surface area contributed by atoms with Crippen molar-refractivity contribution in [1.29, 1.82) is 0 Å². The molecule has 0 unspecified atom stereocenters. The number of aliphatic imine (C=N–C) groups is 1. The van der Waals surface area contributed by atoms with Crippen molar-refractivity contribution in [2.45, 2.75) is 66.1 Å². The molecule has 0 saturated heterocycles. The van der Waals surface area contributed by atoms with E-state index in [-0.39, 0.29) is 24.0 Å². The molecule has 0 radical (unpaired) electrons. The van der Waals surface area contributed by atoms with Crippen molar-refractivity contribution in [3.05, 3.63) is 48.0 Å². The molecule has 2 N–H and O–H groups in total. The molecule has 0 aliphatic rings. The van der Waals surface area contributed by atoms with E-state index >= 15 is 0 Å². The van der Waals surface area contributed by atoms with Gasteiger partial charge in [-0.3, -0.25) is 9.89 Å². The molecule has 1 aromatic heterocycles. The van der Waals surface area contributed by atoms with Gasteiger partial charge >= 0.3 is 0 Å². The molecule has 0 saturated carbocycles. The molecule has 0 fully saturated rings. The summed E-state index contributed by atoms with van der Waals surface area (Å²) in [6, 6.07) is 11.6. The Morgan fingerprint density at radius 2 is 1.74 bits per heavy atom.